The minimum absolute atomic E-state index is 0.898. The smallest absolute Gasteiger partial charge is 0.168 e. The number of hydrogen-bond donors (Lipinski definition) is 1. The fourth-order valence-electron chi connectivity index (χ4n) is 1.20. The summed E-state index contributed by atoms with van der Waals surface area (Å²) in [5.74, 6) is 0.898. The second-order valence-electron chi connectivity index (χ2n) is 3.50. The van der Waals surface area contributed by atoms with Crippen LogP contribution in [0, 0.1) is 0 Å². The van der Waals surface area contributed by atoms with Crippen molar-refractivity contribution in [1.82, 2.24) is 15.0 Å². The molecule has 1 rings (SSSR count). The Morgan fingerprint density at radius 2 is 2.07 bits per heavy atom. The summed E-state index contributed by atoms with van der Waals surface area (Å²) in [5, 5.41) is 11.3. The van der Waals surface area contributed by atoms with E-state index in [-0.39, 0.29) is 0 Å². The molecule has 0 spiro atoms. The lowest BCUT2D eigenvalue weighted by Gasteiger charge is -1.98. The molecular weight excluding hydrogens is 176 g/mol. The Morgan fingerprint density at radius 3 is 2.79 bits per heavy atom. The van der Waals surface area contributed by atoms with Crippen molar-refractivity contribution in [3.8, 4) is 0 Å². The standard InChI is InChI=1S/C10H20N4/c1-3-5-7-11-10-9-14(13-12-10)8-6-4-2/h9,11H,3-8H2,1-2H3. The van der Waals surface area contributed by atoms with Gasteiger partial charge in [-0.1, -0.05) is 31.9 Å². The molecule has 1 aromatic heterocycles. The molecule has 0 aliphatic carbocycles. The van der Waals surface area contributed by atoms with E-state index in [0.29, 0.717) is 0 Å². The lowest BCUT2D eigenvalue weighted by atomic mass is 10.3. The molecule has 80 valence electrons. The van der Waals surface area contributed by atoms with Gasteiger partial charge in [0, 0.05) is 13.1 Å². The average molecular weight is 196 g/mol. The van der Waals surface area contributed by atoms with E-state index in [4.69, 9.17) is 0 Å². The summed E-state index contributed by atoms with van der Waals surface area (Å²) in [6.07, 6.45) is 6.72. The minimum Gasteiger partial charge on any atom is -0.367 e. The van der Waals surface area contributed by atoms with E-state index in [1.54, 1.807) is 0 Å². The number of anilines is 1. The van der Waals surface area contributed by atoms with Crippen molar-refractivity contribution in [2.24, 2.45) is 0 Å². The molecule has 0 bridgehead atoms. The summed E-state index contributed by atoms with van der Waals surface area (Å²) < 4.78 is 1.90. The lowest BCUT2D eigenvalue weighted by molar-refractivity contribution is 0.553. The number of nitrogens with one attached hydrogen (secondary N) is 1. The van der Waals surface area contributed by atoms with Crippen LogP contribution in [0.2, 0.25) is 0 Å². The molecule has 0 amide bonds. The van der Waals surface area contributed by atoms with Crippen LogP contribution in [-0.2, 0) is 6.54 Å². The van der Waals surface area contributed by atoms with E-state index >= 15 is 0 Å². The quantitative estimate of drug-likeness (QED) is 0.680. The molecule has 1 aromatic rings. The summed E-state index contributed by atoms with van der Waals surface area (Å²) in [6, 6.07) is 0. The molecule has 0 aromatic carbocycles. The highest BCUT2D eigenvalue weighted by molar-refractivity contribution is 5.28. The van der Waals surface area contributed by atoms with Crippen LogP contribution in [0.4, 0.5) is 5.82 Å². The Hall–Kier alpha value is -1.06. The second kappa shape index (κ2) is 6.40. The Labute approximate surface area is 85.7 Å². The molecule has 0 aliphatic heterocycles. The monoisotopic (exact) mass is 196 g/mol. The van der Waals surface area contributed by atoms with E-state index in [9.17, 15) is 0 Å². The van der Waals surface area contributed by atoms with Crippen LogP contribution >= 0.6 is 0 Å². The van der Waals surface area contributed by atoms with Gasteiger partial charge in [0.2, 0.25) is 0 Å². The molecule has 4 heteroatoms. The fourth-order valence-corrected chi connectivity index (χ4v) is 1.20. The van der Waals surface area contributed by atoms with Crippen molar-refractivity contribution in [1.29, 1.82) is 0 Å². The van der Waals surface area contributed by atoms with E-state index in [0.717, 1.165) is 25.3 Å². The van der Waals surface area contributed by atoms with Crippen LogP contribution in [0.3, 0.4) is 0 Å². The molecule has 0 saturated heterocycles. The zero-order chi connectivity index (χ0) is 10.2. The SMILES string of the molecule is CCCCNc1cn(CCCC)nn1. The van der Waals surface area contributed by atoms with E-state index < -0.39 is 0 Å². The van der Waals surface area contributed by atoms with Crippen molar-refractivity contribution in [2.45, 2.75) is 46.1 Å². The highest BCUT2D eigenvalue weighted by Gasteiger charge is 1.98. The maximum absolute atomic E-state index is 4.04. The summed E-state index contributed by atoms with van der Waals surface area (Å²) in [5.41, 5.74) is 0. The van der Waals surface area contributed by atoms with Crippen LogP contribution < -0.4 is 5.32 Å². The second-order valence-corrected chi connectivity index (χ2v) is 3.50. The zero-order valence-electron chi connectivity index (χ0n) is 9.16. The molecule has 0 fully saturated rings. The lowest BCUT2D eigenvalue weighted by Crippen LogP contribution is -2.00. The van der Waals surface area contributed by atoms with Gasteiger partial charge in [-0.25, -0.2) is 0 Å². The van der Waals surface area contributed by atoms with Crippen LogP contribution in [0.1, 0.15) is 39.5 Å². The van der Waals surface area contributed by atoms with Gasteiger partial charge >= 0.3 is 0 Å². The summed E-state index contributed by atoms with van der Waals surface area (Å²) in [7, 11) is 0. The fraction of sp³-hybridized carbons (Fsp3) is 0.800. The zero-order valence-corrected chi connectivity index (χ0v) is 9.16. The largest absolute Gasteiger partial charge is 0.367 e. The Balaban J connectivity index is 2.27. The third-order valence-corrected chi connectivity index (χ3v) is 2.12. The average Bonchev–Trinajstić information content (AvgIpc) is 2.63. The minimum atomic E-state index is 0.898. The molecule has 1 N–H and O–H groups in total. The van der Waals surface area contributed by atoms with Crippen LogP contribution in [-0.4, -0.2) is 21.5 Å². The molecule has 0 unspecified atom stereocenters. The third-order valence-electron chi connectivity index (χ3n) is 2.12. The Kier molecular flexibility index (Phi) is 5.04. The highest BCUT2D eigenvalue weighted by Crippen LogP contribution is 2.02. The first-order valence-corrected chi connectivity index (χ1v) is 5.50. The first kappa shape index (κ1) is 11.0. The van der Waals surface area contributed by atoms with Gasteiger partial charge < -0.3 is 5.32 Å². The Morgan fingerprint density at radius 1 is 1.29 bits per heavy atom. The van der Waals surface area contributed by atoms with E-state index in [1.165, 1.54) is 19.3 Å². The van der Waals surface area contributed by atoms with Gasteiger partial charge in [0.1, 0.15) is 0 Å². The molecule has 0 saturated carbocycles. The van der Waals surface area contributed by atoms with Crippen molar-refractivity contribution in [3.05, 3.63) is 6.20 Å². The van der Waals surface area contributed by atoms with Gasteiger partial charge in [0.15, 0.2) is 5.82 Å². The van der Waals surface area contributed by atoms with Crippen LogP contribution in [0.5, 0.6) is 0 Å². The van der Waals surface area contributed by atoms with Crippen LogP contribution in [0.15, 0.2) is 6.20 Å². The predicted octanol–water partition coefficient (Wildman–Crippen LogP) is 2.29. The van der Waals surface area contributed by atoms with Gasteiger partial charge in [-0.3, -0.25) is 4.68 Å². The summed E-state index contributed by atoms with van der Waals surface area (Å²) >= 11 is 0. The van der Waals surface area contributed by atoms with E-state index in [1.807, 2.05) is 10.9 Å². The molecular formula is C10H20N4. The number of rotatable bonds is 7. The van der Waals surface area contributed by atoms with Crippen molar-refractivity contribution in [3.63, 3.8) is 0 Å². The summed E-state index contributed by atoms with van der Waals surface area (Å²) in [4.78, 5) is 0. The number of hydrogen-bond acceptors (Lipinski definition) is 3. The topological polar surface area (TPSA) is 42.7 Å². The molecule has 0 radical (unpaired) electrons. The molecule has 14 heavy (non-hydrogen) atoms. The van der Waals surface area contributed by atoms with Crippen molar-refractivity contribution >= 4 is 5.82 Å². The van der Waals surface area contributed by atoms with Crippen LogP contribution in [0.25, 0.3) is 0 Å². The Bertz CT molecular complexity index is 244. The molecule has 4 nitrogen and oxygen atoms in total. The van der Waals surface area contributed by atoms with Gasteiger partial charge in [0.25, 0.3) is 0 Å². The highest BCUT2D eigenvalue weighted by atomic mass is 15.4. The molecule has 0 atom stereocenters. The maximum atomic E-state index is 4.04. The summed E-state index contributed by atoms with van der Waals surface area (Å²) in [6.45, 7) is 6.32. The maximum Gasteiger partial charge on any atom is 0.168 e. The molecule has 0 aliphatic rings. The van der Waals surface area contributed by atoms with Gasteiger partial charge in [-0.15, -0.1) is 5.10 Å². The van der Waals surface area contributed by atoms with E-state index in [2.05, 4.69) is 29.5 Å². The first-order valence-electron chi connectivity index (χ1n) is 5.50. The molecule has 1 heterocycles. The van der Waals surface area contributed by atoms with Crippen molar-refractivity contribution in [2.75, 3.05) is 11.9 Å². The van der Waals surface area contributed by atoms with Gasteiger partial charge in [0.05, 0.1) is 6.20 Å². The number of unbranched alkanes of at least 4 members (excludes halogenated alkanes) is 2. The van der Waals surface area contributed by atoms with Crippen molar-refractivity contribution < 1.29 is 0 Å². The normalized spacial score (nSPS) is 10.4. The number of aryl methyl sites for hydroxylation is 1. The third kappa shape index (κ3) is 3.77. The van der Waals surface area contributed by atoms with Gasteiger partial charge in [-0.05, 0) is 12.8 Å². The first-order chi connectivity index (χ1) is 6.86. The van der Waals surface area contributed by atoms with Gasteiger partial charge in [-0.2, -0.15) is 0 Å². The number of aromatic nitrogens is 3. The number of nitrogens with zero attached hydrogens (tertiary/aromatic N) is 3. The predicted molar refractivity (Wildman–Crippen MR) is 58.3 cm³/mol.